The number of aliphatic carboxylic acids is 1. The molecule has 3 fully saturated rings. The second kappa shape index (κ2) is 15.8. The van der Waals surface area contributed by atoms with Crippen molar-refractivity contribution in [2.75, 3.05) is 38.0 Å². The smallest absolute Gasteiger partial charge is 0.303 e. The number of amides is 1. The van der Waals surface area contributed by atoms with Gasteiger partial charge in [-0.25, -0.2) is 0 Å². The van der Waals surface area contributed by atoms with Gasteiger partial charge in [0.15, 0.2) is 6.29 Å². The van der Waals surface area contributed by atoms with Crippen LogP contribution in [-0.2, 0) is 25.7 Å². The molecule has 1 amide bonds. The highest BCUT2D eigenvalue weighted by atomic mass is 16.7. The first-order chi connectivity index (χ1) is 21.0. The second-order valence-corrected chi connectivity index (χ2v) is 12.3. The lowest BCUT2D eigenvalue weighted by atomic mass is 9.99. The van der Waals surface area contributed by atoms with Crippen molar-refractivity contribution in [2.24, 2.45) is 0 Å². The zero-order valence-electron chi connectivity index (χ0n) is 25.2. The quantitative estimate of drug-likeness (QED) is 0.255. The molecule has 2 aromatic rings. The molecular weight excluding hydrogens is 546 g/mol. The Kier molecular flexibility index (Phi) is 11.6. The summed E-state index contributed by atoms with van der Waals surface area (Å²) >= 11 is 0. The molecule has 2 aromatic carbocycles. The van der Waals surface area contributed by atoms with E-state index in [9.17, 15) is 14.7 Å². The summed E-state index contributed by atoms with van der Waals surface area (Å²) in [4.78, 5) is 28.5. The van der Waals surface area contributed by atoms with Crippen LogP contribution in [0.15, 0.2) is 48.5 Å². The fraction of sp³-hybridized carbons (Fsp3) is 0.588. The van der Waals surface area contributed by atoms with Gasteiger partial charge >= 0.3 is 5.97 Å². The number of hydrogen-bond donors (Lipinski definition) is 3. The SMILES string of the molecule is O=C(O)CCCCCC(=O)Nc1cccc(C2OC(CN3CCCC3CN3CCCC3)CC(c3ccc(CO)cc3)O2)c1. The number of likely N-dealkylation sites (tertiary alicyclic amines) is 2. The number of carboxylic acids is 1. The minimum Gasteiger partial charge on any atom is -0.481 e. The molecule has 9 heteroatoms. The average molecular weight is 594 g/mol. The topological polar surface area (TPSA) is 112 Å². The highest BCUT2D eigenvalue weighted by Crippen LogP contribution is 2.39. The summed E-state index contributed by atoms with van der Waals surface area (Å²) in [5.41, 5.74) is 3.49. The minimum atomic E-state index is -0.803. The van der Waals surface area contributed by atoms with E-state index in [1.807, 2.05) is 48.5 Å². The fourth-order valence-corrected chi connectivity index (χ4v) is 6.63. The number of aliphatic hydroxyl groups is 1. The van der Waals surface area contributed by atoms with Crippen LogP contribution in [0.3, 0.4) is 0 Å². The highest BCUT2D eigenvalue weighted by molar-refractivity contribution is 5.90. The number of aliphatic hydroxyl groups excluding tert-OH is 1. The molecule has 3 heterocycles. The first-order valence-electron chi connectivity index (χ1n) is 16.1. The molecule has 4 atom stereocenters. The number of nitrogens with zero attached hydrogens (tertiary/aromatic N) is 2. The lowest BCUT2D eigenvalue weighted by Gasteiger charge is -2.39. The molecule has 0 saturated carbocycles. The van der Waals surface area contributed by atoms with Crippen LogP contribution in [0.5, 0.6) is 0 Å². The molecule has 3 aliphatic rings. The zero-order chi connectivity index (χ0) is 30.0. The number of rotatable bonds is 14. The fourth-order valence-electron chi connectivity index (χ4n) is 6.63. The van der Waals surface area contributed by atoms with Gasteiger partial charge in [0, 0.05) is 49.6 Å². The lowest BCUT2D eigenvalue weighted by molar-refractivity contribution is -0.253. The Morgan fingerprint density at radius 3 is 2.44 bits per heavy atom. The maximum absolute atomic E-state index is 12.6. The molecular formula is C34H47N3O6. The van der Waals surface area contributed by atoms with Crippen molar-refractivity contribution < 1.29 is 29.3 Å². The van der Waals surface area contributed by atoms with Crippen molar-refractivity contribution in [1.29, 1.82) is 0 Å². The second-order valence-electron chi connectivity index (χ2n) is 12.3. The highest BCUT2D eigenvalue weighted by Gasteiger charge is 2.36. The molecule has 3 N–H and O–H groups in total. The number of anilines is 1. The summed E-state index contributed by atoms with van der Waals surface area (Å²) in [6.07, 6.45) is 7.51. The van der Waals surface area contributed by atoms with Gasteiger partial charge in [0.25, 0.3) is 0 Å². The molecule has 4 unspecified atom stereocenters. The molecule has 3 aliphatic heterocycles. The van der Waals surface area contributed by atoms with Crippen LogP contribution in [0.1, 0.15) is 93.3 Å². The number of carbonyl (C=O) groups excluding carboxylic acids is 1. The number of carbonyl (C=O) groups is 2. The van der Waals surface area contributed by atoms with Crippen LogP contribution in [0.4, 0.5) is 5.69 Å². The van der Waals surface area contributed by atoms with Gasteiger partial charge in [-0.3, -0.25) is 14.5 Å². The third-order valence-corrected chi connectivity index (χ3v) is 8.96. The predicted octanol–water partition coefficient (Wildman–Crippen LogP) is 5.26. The Balaban J connectivity index is 1.25. The Morgan fingerprint density at radius 2 is 1.67 bits per heavy atom. The molecule has 3 saturated heterocycles. The third-order valence-electron chi connectivity index (χ3n) is 8.96. The monoisotopic (exact) mass is 593 g/mol. The van der Waals surface area contributed by atoms with E-state index in [0.717, 1.165) is 42.7 Å². The van der Waals surface area contributed by atoms with E-state index in [-0.39, 0.29) is 31.1 Å². The molecule has 9 nitrogen and oxygen atoms in total. The largest absolute Gasteiger partial charge is 0.481 e. The van der Waals surface area contributed by atoms with Crippen LogP contribution in [0.25, 0.3) is 0 Å². The van der Waals surface area contributed by atoms with Gasteiger partial charge < -0.3 is 29.9 Å². The van der Waals surface area contributed by atoms with E-state index in [1.54, 1.807) is 0 Å². The molecule has 0 aliphatic carbocycles. The van der Waals surface area contributed by atoms with Crippen LogP contribution in [0.2, 0.25) is 0 Å². The third kappa shape index (κ3) is 9.33. The van der Waals surface area contributed by atoms with Crippen molar-refractivity contribution in [2.45, 2.75) is 95.4 Å². The summed E-state index contributed by atoms with van der Waals surface area (Å²) in [5.74, 6) is -0.891. The van der Waals surface area contributed by atoms with Crippen LogP contribution < -0.4 is 5.32 Å². The first-order valence-corrected chi connectivity index (χ1v) is 16.1. The van der Waals surface area contributed by atoms with Gasteiger partial charge in [-0.15, -0.1) is 0 Å². The summed E-state index contributed by atoms with van der Waals surface area (Å²) < 4.78 is 13.2. The van der Waals surface area contributed by atoms with E-state index in [1.165, 1.54) is 38.8 Å². The summed E-state index contributed by atoms with van der Waals surface area (Å²) in [6.45, 7) is 5.53. The molecule has 0 radical (unpaired) electrons. The van der Waals surface area contributed by atoms with Crippen molar-refractivity contribution in [3.8, 4) is 0 Å². The van der Waals surface area contributed by atoms with Gasteiger partial charge in [0.2, 0.25) is 5.91 Å². The van der Waals surface area contributed by atoms with Crippen molar-refractivity contribution in [3.63, 3.8) is 0 Å². The van der Waals surface area contributed by atoms with Gasteiger partial charge in [0.05, 0.1) is 18.8 Å². The van der Waals surface area contributed by atoms with Crippen LogP contribution >= 0.6 is 0 Å². The van der Waals surface area contributed by atoms with Gasteiger partial charge in [-0.1, -0.05) is 42.8 Å². The van der Waals surface area contributed by atoms with Crippen molar-refractivity contribution in [1.82, 2.24) is 9.80 Å². The van der Waals surface area contributed by atoms with Gasteiger partial charge in [-0.2, -0.15) is 0 Å². The predicted molar refractivity (Wildman–Crippen MR) is 164 cm³/mol. The molecule has 234 valence electrons. The van der Waals surface area contributed by atoms with E-state index in [4.69, 9.17) is 14.6 Å². The molecule has 43 heavy (non-hydrogen) atoms. The van der Waals surface area contributed by atoms with Crippen molar-refractivity contribution in [3.05, 3.63) is 65.2 Å². The number of unbranched alkanes of at least 4 members (excludes halogenated alkanes) is 2. The van der Waals surface area contributed by atoms with E-state index in [2.05, 4.69) is 15.1 Å². The Hall–Kier alpha value is -2.82. The Morgan fingerprint density at radius 1 is 0.884 bits per heavy atom. The number of carboxylic acid groups (broad SMARTS) is 1. The number of hydrogen-bond acceptors (Lipinski definition) is 7. The summed E-state index contributed by atoms with van der Waals surface area (Å²) in [5, 5.41) is 21.3. The van der Waals surface area contributed by atoms with Gasteiger partial charge in [-0.05, 0) is 81.4 Å². The lowest BCUT2D eigenvalue weighted by Crippen LogP contribution is -2.45. The number of nitrogens with one attached hydrogen (secondary N) is 1. The van der Waals surface area contributed by atoms with E-state index in [0.29, 0.717) is 37.4 Å². The molecule has 0 aromatic heterocycles. The first kappa shape index (κ1) is 31.6. The van der Waals surface area contributed by atoms with E-state index < -0.39 is 12.3 Å². The maximum Gasteiger partial charge on any atom is 0.303 e. The standard InChI is InChI=1S/C34H47N3O6/c38-24-25-13-15-26(16-14-25)31-21-30(23-37-19-7-10-29(37)22-36-17-4-5-18-36)42-34(43-31)27-8-6-9-28(20-27)35-32(39)11-2-1-3-12-33(40)41/h6,8-9,13-16,20,29-31,34,38H,1-5,7,10-12,17-19,21-24H2,(H,35,39)(H,40,41). The van der Waals surface area contributed by atoms with Gasteiger partial charge in [0.1, 0.15) is 0 Å². The Bertz CT molecular complexity index is 1180. The minimum absolute atomic E-state index is 0.00831. The van der Waals surface area contributed by atoms with E-state index >= 15 is 0 Å². The van der Waals surface area contributed by atoms with Crippen LogP contribution in [0, 0.1) is 0 Å². The molecule has 5 rings (SSSR count). The maximum atomic E-state index is 12.6. The normalized spacial score (nSPS) is 24.8. The molecule has 0 spiro atoms. The Labute approximate surface area is 255 Å². The zero-order valence-corrected chi connectivity index (χ0v) is 25.2. The summed E-state index contributed by atoms with van der Waals surface area (Å²) in [6, 6.07) is 16.2. The number of ether oxygens (including phenoxy) is 2. The average Bonchev–Trinajstić information content (AvgIpc) is 3.69. The molecule has 0 bridgehead atoms. The summed E-state index contributed by atoms with van der Waals surface area (Å²) in [7, 11) is 0. The van der Waals surface area contributed by atoms with Crippen molar-refractivity contribution >= 4 is 17.6 Å². The van der Waals surface area contributed by atoms with Crippen LogP contribution in [-0.4, -0.2) is 76.8 Å². The number of benzene rings is 2.